The van der Waals surface area contributed by atoms with Gasteiger partial charge in [0.2, 0.25) is 0 Å². The van der Waals surface area contributed by atoms with Gasteiger partial charge < -0.3 is 21.1 Å². The van der Waals surface area contributed by atoms with Gasteiger partial charge in [-0.3, -0.25) is 0 Å². The topological polar surface area (TPSA) is 76.4 Å². The number of benzene rings is 1. The van der Waals surface area contributed by atoms with Crippen LogP contribution in [0.25, 0.3) is 0 Å². The number of ether oxygens (including phenoxy) is 1. The molecule has 4 bridgehead atoms. The lowest BCUT2D eigenvalue weighted by atomic mass is 9.43. The van der Waals surface area contributed by atoms with Crippen molar-refractivity contribution in [3.8, 4) is 5.75 Å². The van der Waals surface area contributed by atoms with Crippen LogP contribution < -0.4 is 21.1 Å². The molecule has 0 spiro atoms. The molecule has 5 aliphatic carbocycles. The van der Waals surface area contributed by atoms with Gasteiger partial charge in [0.05, 0.1) is 6.10 Å². The molecule has 30 heavy (non-hydrogen) atoms. The Balaban J connectivity index is 1.12. The average Bonchev–Trinajstić information content (AvgIpc) is 2.61. The Morgan fingerprint density at radius 3 is 2.20 bits per heavy atom. The van der Waals surface area contributed by atoms with Crippen LogP contribution in [-0.4, -0.2) is 23.7 Å². The second kappa shape index (κ2) is 7.06. The maximum Gasteiger partial charge on any atom is 0.315 e. The van der Waals surface area contributed by atoms with Crippen LogP contribution >= 0.6 is 0 Å². The van der Waals surface area contributed by atoms with Gasteiger partial charge >= 0.3 is 6.03 Å². The number of hydrogen-bond acceptors (Lipinski definition) is 3. The van der Waals surface area contributed by atoms with E-state index in [4.69, 9.17) is 10.5 Å². The van der Waals surface area contributed by atoms with Crippen LogP contribution in [0.15, 0.2) is 24.3 Å². The van der Waals surface area contributed by atoms with Crippen LogP contribution in [0.2, 0.25) is 0 Å². The molecule has 5 saturated carbocycles. The van der Waals surface area contributed by atoms with E-state index in [0.717, 1.165) is 55.9 Å². The van der Waals surface area contributed by atoms with Gasteiger partial charge in [0.15, 0.2) is 0 Å². The van der Waals surface area contributed by atoms with Gasteiger partial charge in [-0.05, 0) is 105 Å². The minimum Gasteiger partial charge on any atom is -0.490 e. The van der Waals surface area contributed by atoms with Crippen molar-refractivity contribution in [3.63, 3.8) is 0 Å². The number of nitrogens with two attached hydrogens (primary N) is 1. The van der Waals surface area contributed by atoms with Gasteiger partial charge in [-0.15, -0.1) is 0 Å². The van der Waals surface area contributed by atoms with Gasteiger partial charge in [-0.2, -0.15) is 0 Å². The van der Waals surface area contributed by atoms with Crippen molar-refractivity contribution in [3.05, 3.63) is 24.3 Å². The summed E-state index contributed by atoms with van der Waals surface area (Å²) in [6, 6.07) is 7.90. The number of nitrogens with one attached hydrogen (secondary N) is 2. The van der Waals surface area contributed by atoms with E-state index < -0.39 is 0 Å². The number of carbonyl (C=O) groups excluding carboxylic acids is 1. The zero-order chi connectivity index (χ0) is 21.0. The third kappa shape index (κ3) is 4.00. The van der Waals surface area contributed by atoms with Crippen molar-refractivity contribution in [2.75, 3.05) is 5.73 Å². The van der Waals surface area contributed by atoms with Crippen LogP contribution in [-0.2, 0) is 0 Å². The van der Waals surface area contributed by atoms with Crippen molar-refractivity contribution in [2.45, 2.75) is 95.7 Å². The Morgan fingerprint density at radius 2 is 1.60 bits per heavy atom. The normalized spacial score (nSPS) is 42.0. The van der Waals surface area contributed by atoms with E-state index in [1.54, 1.807) is 0 Å². The monoisotopic (exact) mass is 411 g/mol. The molecular weight excluding hydrogens is 374 g/mol. The summed E-state index contributed by atoms with van der Waals surface area (Å²) in [5.74, 6) is 1.67. The van der Waals surface area contributed by atoms with Crippen LogP contribution in [0.1, 0.15) is 78.1 Å². The SMILES string of the molecule is C[C@]12CC3CC(NC(=O)NC4CCC(Oc5ccc(N)cc5)CC4)(C1)C[C@@](C)(C3)C2. The maximum atomic E-state index is 12.9. The molecule has 5 aliphatic rings. The zero-order valence-electron chi connectivity index (χ0n) is 18.5. The molecule has 6 rings (SSSR count). The standard InChI is InChI=1S/C25H37N3O2/c1-23-11-17-12-24(2,14-23)16-25(13-17,15-23)28-22(29)27-19-5-9-21(10-6-19)30-20-7-3-18(26)4-8-20/h3-4,7-8,17,19,21H,5-6,9-16,26H2,1-2H3,(H2,27,28,29)/t17?,19?,21?,23-,24+,25?. The lowest BCUT2D eigenvalue weighted by Gasteiger charge is -2.65. The molecule has 5 fully saturated rings. The van der Waals surface area contributed by atoms with Crippen LogP contribution in [0.5, 0.6) is 5.75 Å². The van der Waals surface area contributed by atoms with Crippen LogP contribution in [0.3, 0.4) is 0 Å². The fourth-order valence-corrected chi connectivity index (χ4v) is 8.11. The first-order valence-corrected chi connectivity index (χ1v) is 11.8. The summed E-state index contributed by atoms with van der Waals surface area (Å²) in [6.45, 7) is 4.90. The van der Waals surface area contributed by atoms with Crippen molar-refractivity contribution in [1.82, 2.24) is 10.6 Å². The van der Waals surface area contributed by atoms with Crippen molar-refractivity contribution in [2.24, 2.45) is 16.7 Å². The minimum absolute atomic E-state index is 0.0163. The fraction of sp³-hybridized carbons (Fsp3) is 0.720. The average molecular weight is 412 g/mol. The van der Waals surface area contributed by atoms with Gasteiger partial charge in [0.1, 0.15) is 5.75 Å². The van der Waals surface area contributed by atoms with E-state index in [9.17, 15) is 4.79 Å². The molecule has 0 aliphatic heterocycles. The van der Waals surface area contributed by atoms with Gasteiger partial charge in [0.25, 0.3) is 0 Å². The summed E-state index contributed by atoms with van der Waals surface area (Å²) >= 11 is 0. The molecule has 1 aromatic rings. The van der Waals surface area contributed by atoms with Crippen molar-refractivity contribution < 1.29 is 9.53 Å². The van der Waals surface area contributed by atoms with E-state index in [0.29, 0.717) is 10.8 Å². The molecule has 4 N–H and O–H groups in total. The molecule has 2 amide bonds. The largest absolute Gasteiger partial charge is 0.490 e. The van der Waals surface area contributed by atoms with Gasteiger partial charge in [0, 0.05) is 17.3 Å². The van der Waals surface area contributed by atoms with Crippen LogP contribution in [0, 0.1) is 16.7 Å². The van der Waals surface area contributed by atoms with Crippen LogP contribution in [0.4, 0.5) is 10.5 Å². The summed E-state index contributed by atoms with van der Waals surface area (Å²) in [5.41, 5.74) is 7.35. The third-order valence-electron chi connectivity index (χ3n) is 8.20. The predicted octanol–water partition coefficient (Wildman–Crippen LogP) is 5.01. The number of hydrogen-bond donors (Lipinski definition) is 3. The zero-order valence-corrected chi connectivity index (χ0v) is 18.5. The highest BCUT2D eigenvalue weighted by molar-refractivity contribution is 5.75. The minimum atomic E-state index is 0.0163. The molecule has 5 nitrogen and oxygen atoms in total. The first-order valence-electron chi connectivity index (χ1n) is 11.8. The third-order valence-corrected chi connectivity index (χ3v) is 8.20. The van der Waals surface area contributed by atoms with E-state index in [2.05, 4.69) is 24.5 Å². The number of amides is 2. The Labute approximate surface area is 180 Å². The molecule has 0 saturated heterocycles. The predicted molar refractivity (Wildman–Crippen MR) is 119 cm³/mol. The number of urea groups is 1. The summed E-state index contributed by atoms with van der Waals surface area (Å²) in [4.78, 5) is 12.9. The number of anilines is 1. The highest BCUT2D eigenvalue weighted by Crippen LogP contribution is 2.66. The van der Waals surface area contributed by atoms with E-state index >= 15 is 0 Å². The molecule has 5 heteroatoms. The molecule has 0 aromatic heterocycles. The smallest absolute Gasteiger partial charge is 0.315 e. The first kappa shape index (κ1) is 20.0. The van der Waals surface area contributed by atoms with Crippen molar-refractivity contribution >= 4 is 11.7 Å². The maximum absolute atomic E-state index is 12.9. The number of rotatable bonds is 4. The summed E-state index contributed by atoms with van der Waals surface area (Å²) < 4.78 is 6.09. The van der Waals surface area contributed by atoms with E-state index in [1.165, 1.54) is 25.7 Å². The molecule has 0 radical (unpaired) electrons. The highest BCUT2D eigenvalue weighted by atomic mass is 16.5. The van der Waals surface area contributed by atoms with Gasteiger partial charge in [-0.25, -0.2) is 4.79 Å². The Kier molecular flexibility index (Phi) is 4.71. The number of nitrogen functional groups attached to an aromatic ring is 1. The second-order valence-corrected chi connectivity index (χ2v) is 11.7. The fourth-order valence-electron chi connectivity index (χ4n) is 8.11. The molecule has 2 unspecified atom stereocenters. The lowest BCUT2D eigenvalue weighted by molar-refractivity contribution is -0.113. The van der Waals surface area contributed by atoms with Crippen molar-refractivity contribution in [1.29, 1.82) is 0 Å². The molecule has 4 atom stereocenters. The molecule has 0 heterocycles. The summed E-state index contributed by atoms with van der Waals surface area (Å²) in [5, 5.41) is 6.77. The summed E-state index contributed by atoms with van der Waals surface area (Å²) in [6.07, 6.45) is 11.6. The molecule has 1 aromatic carbocycles. The first-order chi connectivity index (χ1) is 14.2. The Morgan fingerprint density at radius 1 is 0.967 bits per heavy atom. The van der Waals surface area contributed by atoms with Gasteiger partial charge in [-0.1, -0.05) is 13.8 Å². The quantitative estimate of drug-likeness (QED) is 0.610. The Bertz CT molecular complexity index is 781. The van der Waals surface area contributed by atoms with E-state index in [-0.39, 0.29) is 23.7 Å². The Hall–Kier alpha value is -1.91. The second-order valence-electron chi connectivity index (χ2n) is 11.7. The molecule has 164 valence electrons. The lowest BCUT2D eigenvalue weighted by Crippen LogP contribution is -2.66. The molecular formula is C25H37N3O2. The number of carbonyl (C=O) groups is 1. The van der Waals surface area contributed by atoms with E-state index in [1.807, 2.05) is 24.3 Å². The summed E-state index contributed by atoms with van der Waals surface area (Å²) in [7, 11) is 0. The highest BCUT2D eigenvalue weighted by Gasteiger charge is 2.60.